The minimum atomic E-state index is -4.39. The molecule has 1 fully saturated rings. The van der Waals surface area contributed by atoms with Crippen LogP contribution in [0, 0.1) is 0 Å². The first-order valence-corrected chi connectivity index (χ1v) is 9.59. The normalized spacial score (nSPS) is 15.2. The molecule has 0 radical (unpaired) electrons. The first-order valence-electron chi connectivity index (χ1n) is 9.59. The third-order valence-corrected chi connectivity index (χ3v) is 5.09. The number of alkyl halides is 3. The lowest BCUT2D eigenvalue weighted by atomic mass is 10.0. The highest BCUT2D eigenvalue weighted by atomic mass is 19.4. The summed E-state index contributed by atoms with van der Waals surface area (Å²) < 4.78 is 39.7. The van der Waals surface area contributed by atoms with Gasteiger partial charge < -0.3 is 10.2 Å². The van der Waals surface area contributed by atoms with E-state index >= 15 is 0 Å². The van der Waals surface area contributed by atoms with Gasteiger partial charge in [-0.1, -0.05) is 18.2 Å². The molecule has 30 heavy (non-hydrogen) atoms. The van der Waals surface area contributed by atoms with Crippen LogP contribution in [0.4, 0.5) is 19.0 Å². The fraction of sp³-hybridized carbons (Fsp3) is 0.286. The molecule has 1 aliphatic rings. The summed E-state index contributed by atoms with van der Waals surface area (Å²) in [7, 11) is 0. The number of anilines is 1. The van der Waals surface area contributed by atoms with Gasteiger partial charge in [0.2, 0.25) is 0 Å². The topological polar surface area (TPSA) is 63.1 Å². The maximum Gasteiger partial charge on any atom is 0.417 e. The number of benzene rings is 1. The molecular weight excluding hydrogens is 395 g/mol. The quantitative estimate of drug-likeness (QED) is 0.706. The first-order chi connectivity index (χ1) is 14.4. The molecule has 0 unspecified atom stereocenters. The van der Waals surface area contributed by atoms with E-state index in [1.54, 1.807) is 10.9 Å². The Morgan fingerprint density at radius 1 is 1.03 bits per heavy atom. The molecule has 0 aliphatic carbocycles. The van der Waals surface area contributed by atoms with Gasteiger partial charge in [-0.15, -0.1) is 0 Å². The highest BCUT2D eigenvalue weighted by Gasteiger charge is 2.31. The molecule has 0 bridgehead atoms. The number of hydrogen-bond donors (Lipinski definition) is 1. The van der Waals surface area contributed by atoms with Crippen LogP contribution in [-0.2, 0) is 6.18 Å². The summed E-state index contributed by atoms with van der Waals surface area (Å²) in [5, 5.41) is 7.25. The van der Waals surface area contributed by atoms with E-state index < -0.39 is 11.7 Å². The Morgan fingerprint density at radius 2 is 1.77 bits per heavy atom. The Kier molecular flexibility index (Phi) is 5.43. The van der Waals surface area contributed by atoms with Crippen molar-refractivity contribution in [3.63, 3.8) is 0 Å². The van der Waals surface area contributed by atoms with E-state index in [1.807, 2.05) is 35.2 Å². The van der Waals surface area contributed by atoms with Crippen molar-refractivity contribution >= 4 is 11.7 Å². The van der Waals surface area contributed by atoms with Crippen molar-refractivity contribution in [2.24, 2.45) is 0 Å². The third-order valence-electron chi connectivity index (χ3n) is 5.09. The molecule has 3 aromatic rings. The van der Waals surface area contributed by atoms with E-state index in [-0.39, 0.29) is 11.9 Å². The number of hydrogen-bond acceptors (Lipinski definition) is 4. The van der Waals surface area contributed by atoms with Gasteiger partial charge in [-0.2, -0.15) is 18.3 Å². The number of carbonyl (C=O) groups excluding carboxylic acids is 1. The third kappa shape index (κ3) is 4.45. The summed E-state index contributed by atoms with van der Waals surface area (Å²) in [5.41, 5.74) is 0.587. The molecule has 1 amide bonds. The number of nitrogens with zero attached hydrogens (tertiary/aromatic N) is 4. The van der Waals surface area contributed by atoms with Gasteiger partial charge in [0.25, 0.3) is 5.91 Å². The van der Waals surface area contributed by atoms with Gasteiger partial charge in [-0.3, -0.25) is 4.79 Å². The lowest BCUT2D eigenvalue weighted by Gasteiger charge is -2.33. The summed E-state index contributed by atoms with van der Waals surface area (Å²) in [6.07, 6.45) is 1.04. The number of piperidine rings is 1. The number of nitrogens with one attached hydrogen (secondary N) is 1. The lowest BCUT2D eigenvalue weighted by Crippen LogP contribution is -2.44. The predicted molar refractivity (Wildman–Crippen MR) is 106 cm³/mol. The Morgan fingerprint density at radius 3 is 2.40 bits per heavy atom. The van der Waals surface area contributed by atoms with Crippen LogP contribution in [-0.4, -0.2) is 39.8 Å². The van der Waals surface area contributed by atoms with Gasteiger partial charge in [-0.25, -0.2) is 9.67 Å². The fourth-order valence-corrected chi connectivity index (χ4v) is 3.42. The zero-order chi connectivity index (χ0) is 21.1. The van der Waals surface area contributed by atoms with Crippen molar-refractivity contribution in [3.8, 4) is 5.69 Å². The number of amides is 1. The summed E-state index contributed by atoms with van der Waals surface area (Å²) in [6.45, 7) is 1.21. The molecule has 3 heterocycles. The first kappa shape index (κ1) is 19.9. The van der Waals surface area contributed by atoms with Crippen molar-refractivity contribution in [2.75, 3.05) is 18.0 Å². The fourth-order valence-electron chi connectivity index (χ4n) is 3.42. The SMILES string of the molecule is O=C(NC1CCN(c2ccc(C(F)(F)F)cn2)CC1)c1cnn(-c2ccccc2)c1. The number of aromatic nitrogens is 3. The molecule has 1 aromatic carbocycles. The summed E-state index contributed by atoms with van der Waals surface area (Å²) in [6, 6.07) is 11.9. The monoisotopic (exact) mass is 415 g/mol. The molecule has 156 valence electrons. The van der Waals surface area contributed by atoms with Gasteiger partial charge in [-0.05, 0) is 37.1 Å². The Balaban J connectivity index is 1.32. The molecular formula is C21H20F3N5O. The lowest BCUT2D eigenvalue weighted by molar-refractivity contribution is -0.137. The van der Waals surface area contributed by atoms with Crippen molar-refractivity contribution in [3.05, 3.63) is 72.2 Å². The summed E-state index contributed by atoms with van der Waals surface area (Å²) in [5.74, 6) is 0.320. The van der Waals surface area contributed by atoms with Crippen LogP contribution in [0.5, 0.6) is 0 Å². The smallest absolute Gasteiger partial charge is 0.356 e. The molecule has 1 aliphatic heterocycles. The molecule has 1 N–H and O–H groups in total. The van der Waals surface area contributed by atoms with Gasteiger partial charge in [0.1, 0.15) is 5.82 Å². The van der Waals surface area contributed by atoms with Crippen LogP contribution in [0.15, 0.2) is 61.1 Å². The van der Waals surface area contributed by atoms with Gasteiger partial charge in [0, 0.05) is 31.5 Å². The van der Waals surface area contributed by atoms with E-state index in [1.165, 1.54) is 12.3 Å². The minimum Gasteiger partial charge on any atom is -0.356 e. The zero-order valence-corrected chi connectivity index (χ0v) is 16.0. The standard InChI is InChI=1S/C21H20F3N5O/c22-21(23,24)16-6-7-19(25-13-16)28-10-8-17(9-11-28)27-20(30)15-12-26-29(14-15)18-4-2-1-3-5-18/h1-7,12-14,17H,8-11H2,(H,27,30). The molecule has 1 saturated heterocycles. The average Bonchev–Trinajstić information content (AvgIpc) is 3.25. The highest BCUT2D eigenvalue weighted by molar-refractivity contribution is 5.94. The Labute approximate surface area is 171 Å². The largest absolute Gasteiger partial charge is 0.417 e. The second-order valence-corrected chi connectivity index (χ2v) is 7.15. The molecule has 4 rings (SSSR count). The molecule has 0 atom stereocenters. The zero-order valence-electron chi connectivity index (χ0n) is 16.0. The van der Waals surface area contributed by atoms with Crippen LogP contribution in [0.3, 0.4) is 0 Å². The Hall–Kier alpha value is -3.36. The molecule has 2 aromatic heterocycles. The van der Waals surface area contributed by atoms with Gasteiger partial charge in [0.05, 0.1) is 23.0 Å². The van der Waals surface area contributed by atoms with Crippen molar-refractivity contribution in [2.45, 2.75) is 25.1 Å². The van der Waals surface area contributed by atoms with Crippen molar-refractivity contribution in [1.29, 1.82) is 0 Å². The maximum atomic E-state index is 12.7. The summed E-state index contributed by atoms with van der Waals surface area (Å²) in [4.78, 5) is 18.4. The van der Waals surface area contributed by atoms with E-state index in [4.69, 9.17) is 0 Å². The van der Waals surface area contributed by atoms with Gasteiger partial charge >= 0.3 is 6.18 Å². The molecule has 6 nitrogen and oxygen atoms in total. The van der Waals surface area contributed by atoms with E-state index in [9.17, 15) is 18.0 Å². The number of pyridine rings is 1. The maximum absolute atomic E-state index is 12.7. The van der Waals surface area contributed by atoms with Crippen molar-refractivity contribution < 1.29 is 18.0 Å². The van der Waals surface area contributed by atoms with E-state index in [0.29, 0.717) is 37.3 Å². The second kappa shape index (κ2) is 8.17. The van der Waals surface area contributed by atoms with Crippen LogP contribution in [0.2, 0.25) is 0 Å². The van der Waals surface area contributed by atoms with Crippen LogP contribution in [0.1, 0.15) is 28.8 Å². The molecule has 0 saturated carbocycles. The highest BCUT2D eigenvalue weighted by Crippen LogP contribution is 2.29. The molecule has 9 heteroatoms. The van der Waals surface area contributed by atoms with Crippen LogP contribution >= 0.6 is 0 Å². The van der Waals surface area contributed by atoms with E-state index in [2.05, 4.69) is 15.4 Å². The van der Waals surface area contributed by atoms with Crippen LogP contribution < -0.4 is 10.2 Å². The van der Waals surface area contributed by atoms with E-state index in [0.717, 1.165) is 18.0 Å². The average molecular weight is 415 g/mol. The number of para-hydroxylation sites is 1. The van der Waals surface area contributed by atoms with Gasteiger partial charge in [0.15, 0.2) is 0 Å². The van der Waals surface area contributed by atoms with Crippen LogP contribution in [0.25, 0.3) is 5.69 Å². The summed E-state index contributed by atoms with van der Waals surface area (Å²) >= 11 is 0. The van der Waals surface area contributed by atoms with Crippen molar-refractivity contribution in [1.82, 2.24) is 20.1 Å². The number of halogens is 3. The number of carbonyl (C=O) groups is 1. The molecule has 0 spiro atoms. The second-order valence-electron chi connectivity index (χ2n) is 7.15. The predicted octanol–water partition coefficient (Wildman–Crippen LogP) is 3.68. The minimum absolute atomic E-state index is 0.0109. The Bertz CT molecular complexity index is 993. The number of rotatable bonds is 4.